The summed E-state index contributed by atoms with van der Waals surface area (Å²) < 4.78 is 0. The predicted octanol–water partition coefficient (Wildman–Crippen LogP) is 3.67. The van der Waals surface area contributed by atoms with Gasteiger partial charge in [0.2, 0.25) is 0 Å². The van der Waals surface area contributed by atoms with Crippen molar-refractivity contribution in [1.29, 1.82) is 0 Å². The maximum Gasteiger partial charge on any atom is 0.253 e. The second-order valence-corrected chi connectivity index (χ2v) is 5.19. The van der Waals surface area contributed by atoms with Gasteiger partial charge in [0, 0.05) is 11.7 Å². The zero-order valence-electron chi connectivity index (χ0n) is 12.3. The zero-order valence-corrected chi connectivity index (χ0v) is 12.3. The number of hydrogen-bond donors (Lipinski definition) is 2. The fraction of sp³-hybridized carbons (Fsp3) is 0.562. The van der Waals surface area contributed by atoms with Gasteiger partial charge in [-0.15, -0.1) is 0 Å². The molecule has 0 aromatic heterocycles. The van der Waals surface area contributed by atoms with E-state index in [1.165, 1.54) is 0 Å². The minimum absolute atomic E-state index is 0.0490. The quantitative estimate of drug-likeness (QED) is 0.737. The molecule has 0 radical (unpaired) electrons. The van der Waals surface area contributed by atoms with Gasteiger partial charge < -0.3 is 11.1 Å². The molecule has 1 rings (SSSR count). The van der Waals surface area contributed by atoms with Crippen molar-refractivity contribution in [2.24, 2.45) is 0 Å². The van der Waals surface area contributed by atoms with Crippen molar-refractivity contribution >= 4 is 11.6 Å². The number of benzene rings is 1. The van der Waals surface area contributed by atoms with E-state index in [4.69, 9.17) is 5.73 Å². The summed E-state index contributed by atoms with van der Waals surface area (Å²) in [6.07, 6.45) is 5.45. The largest absolute Gasteiger partial charge is 0.398 e. The standard InChI is InChI=1S/C16H26N2O/c1-4-6-8-13(7-5-2)18-16(19)14-10-9-12(3)11-15(14)17/h9-11,13H,4-8,17H2,1-3H3,(H,18,19). The molecule has 0 saturated carbocycles. The van der Waals surface area contributed by atoms with Crippen LogP contribution in [0.5, 0.6) is 0 Å². The first-order valence-corrected chi connectivity index (χ1v) is 7.25. The fourth-order valence-electron chi connectivity index (χ4n) is 2.24. The average Bonchev–Trinajstić information content (AvgIpc) is 2.36. The molecule has 0 saturated heterocycles. The summed E-state index contributed by atoms with van der Waals surface area (Å²) in [6, 6.07) is 5.84. The van der Waals surface area contributed by atoms with Crippen LogP contribution < -0.4 is 11.1 Å². The summed E-state index contributed by atoms with van der Waals surface area (Å²) in [5.74, 6) is -0.0490. The summed E-state index contributed by atoms with van der Waals surface area (Å²) in [6.45, 7) is 6.29. The molecular formula is C16H26N2O. The summed E-state index contributed by atoms with van der Waals surface area (Å²) in [5.41, 5.74) is 8.13. The summed E-state index contributed by atoms with van der Waals surface area (Å²) >= 11 is 0. The number of nitrogens with two attached hydrogens (primary N) is 1. The Bertz CT molecular complexity index is 415. The lowest BCUT2D eigenvalue weighted by atomic mass is 10.0. The van der Waals surface area contributed by atoms with E-state index in [0.29, 0.717) is 11.3 Å². The molecule has 106 valence electrons. The lowest BCUT2D eigenvalue weighted by Gasteiger charge is -2.18. The van der Waals surface area contributed by atoms with E-state index in [1.807, 2.05) is 25.1 Å². The molecular weight excluding hydrogens is 236 g/mol. The van der Waals surface area contributed by atoms with Crippen molar-refractivity contribution in [1.82, 2.24) is 5.32 Å². The Balaban J connectivity index is 2.69. The summed E-state index contributed by atoms with van der Waals surface area (Å²) in [5, 5.41) is 3.11. The van der Waals surface area contributed by atoms with Crippen molar-refractivity contribution in [2.75, 3.05) is 5.73 Å². The van der Waals surface area contributed by atoms with E-state index in [2.05, 4.69) is 19.2 Å². The fourth-order valence-corrected chi connectivity index (χ4v) is 2.24. The van der Waals surface area contributed by atoms with Crippen LogP contribution in [0.15, 0.2) is 18.2 Å². The first kappa shape index (κ1) is 15.5. The van der Waals surface area contributed by atoms with E-state index in [1.54, 1.807) is 0 Å². The molecule has 19 heavy (non-hydrogen) atoms. The van der Waals surface area contributed by atoms with Crippen molar-refractivity contribution in [3.8, 4) is 0 Å². The second-order valence-electron chi connectivity index (χ2n) is 5.19. The highest BCUT2D eigenvalue weighted by molar-refractivity contribution is 5.99. The van der Waals surface area contributed by atoms with Gasteiger partial charge in [-0.1, -0.05) is 39.2 Å². The van der Waals surface area contributed by atoms with Crippen LogP contribution in [0.4, 0.5) is 5.69 Å². The minimum Gasteiger partial charge on any atom is -0.398 e. The molecule has 3 heteroatoms. The first-order valence-electron chi connectivity index (χ1n) is 7.25. The highest BCUT2D eigenvalue weighted by Gasteiger charge is 2.14. The molecule has 0 bridgehead atoms. The molecule has 1 aromatic carbocycles. The Morgan fingerprint density at radius 1 is 1.26 bits per heavy atom. The third-order valence-electron chi connectivity index (χ3n) is 3.33. The van der Waals surface area contributed by atoms with Crippen LogP contribution in [0, 0.1) is 6.92 Å². The van der Waals surface area contributed by atoms with Gasteiger partial charge in [-0.3, -0.25) is 4.79 Å². The summed E-state index contributed by atoms with van der Waals surface area (Å²) in [4.78, 5) is 12.2. The van der Waals surface area contributed by atoms with Gasteiger partial charge in [-0.05, 0) is 37.5 Å². The van der Waals surface area contributed by atoms with Crippen LogP contribution in [0.2, 0.25) is 0 Å². The van der Waals surface area contributed by atoms with E-state index in [9.17, 15) is 4.79 Å². The number of carbonyl (C=O) groups excluding carboxylic acids is 1. The van der Waals surface area contributed by atoms with Gasteiger partial charge in [-0.2, -0.15) is 0 Å². The lowest BCUT2D eigenvalue weighted by Crippen LogP contribution is -2.35. The third-order valence-corrected chi connectivity index (χ3v) is 3.33. The normalized spacial score (nSPS) is 12.2. The molecule has 3 N–H and O–H groups in total. The van der Waals surface area contributed by atoms with Crippen molar-refractivity contribution in [3.05, 3.63) is 29.3 Å². The molecule has 3 nitrogen and oxygen atoms in total. The predicted molar refractivity (Wildman–Crippen MR) is 81.3 cm³/mol. The Kier molecular flexibility index (Phi) is 6.40. The minimum atomic E-state index is -0.0490. The Hall–Kier alpha value is -1.51. The van der Waals surface area contributed by atoms with Crippen LogP contribution in [0.3, 0.4) is 0 Å². The SMILES string of the molecule is CCCCC(CCC)NC(=O)c1ccc(C)cc1N. The van der Waals surface area contributed by atoms with Gasteiger partial charge >= 0.3 is 0 Å². The van der Waals surface area contributed by atoms with E-state index < -0.39 is 0 Å². The van der Waals surface area contributed by atoms with Crippen molar-refractivity contribution in [2.45, 2.75) is 58.9 Å². The number of aryl methyl sites for hydroxylation is 1. The molecule has 0 aliphatic rings. The number of rotatable bonds is 7. The Labute approximate surface area is 116 Å². The van der Waals surface area contributed by atoms with Gasteiger partial charge in [0.1, 0.15) is 0 Å². The number of carbonyl (C=O) groups is 1. The number of hydrogen-bond acceptors (Lipinski definition) is 2. The number of nitrogens with one attached hydrogen (secondary N) is 1. The molecule has 0 aliphatic carbocycles. The van der Waals surface area contributed by atoms with Crippen LogP contribution in [0.25, 0.3) is 0 Å². The van der Waals surface area contributed by atoms with E-state index >= 15 is 0 Å². The zero-order chi connectivity index (χ0) is 14.3. The smallest absolute Gasteiger partial charge is 0.253 e. The van der Waals surface area contributed by atoms with Gasteiger partial charge in [-0.25, -0.2) is 0 Å². The van der Waals surface area contributed by atoms with Gasteiger partial charge in [0.25, 0.3) is 5.91 Å². The average molecular weight is 262 g/mol. The number of anilines is 1. The van der Waals surface area contributed by atoms with Crippen LogP contribution >= 0.6 is 0 Å². The second kappa shape index (κ2) is 7.82. The molecule has 0 fully saturated rings. The van der Waals surface area contributed by atoms with E-state index in [-0.39, 0.29) is 11.9 Å². The summed E-state index contributed by atoms with van der Waals surface area (Å²) in [7, 11) is 0. The monoisotopic (exact) mass is 262 g/mol. The van der Waals surface area contributed by atoms with Crippen LogP contribution in [-0.2, 0) is 0 Å². The van der Waals surface area contributed by atoms with Gasteiger partial charge in [0.05, 0.1) is 5.56 Å². The Morgan fingerprint density at radius 2 is 2.00 bits per heavy atom. The molecule has 0 spiro atoms. The van der Waals surface area contributed by atoms with Crippen LogP contribution in [0.1, 0.15) is 61.9 Å². The third kappa shape index (κ3) is 4.93. The van der Waals surface area contributed by atoms with E-state index in [0.717, 1.165) is 37.7 Å². The Morgan fingerprint density at radius 3 is 2.58 bits per heavy atom. The van der Waals surface area contributed by atoms with Gasteiger partial charge in [0.15, 0.2) is 0 Å². The molecule has 1 aromatic rings. The first-order chi connectivity index (χ1) is 9.08. The lowest BCUT2D eigenvalue weighted by molar-refractivity contribution is 0.0933. The number of amides is 1. The topological polar surface area (TPSA) is 55.1 Å². The molecule has 0 heterocycles. The number of nitrogen functional groups attached to an aromatic ring is 1. The maximum atomic E-state index is 12.2. The maximum absolute atomic E-state index is 12.2. The highest BCUT2D eigenvalue weighted by Crippen LogP contribution is 2.15. The van der Waals surface area contributed by atoms with Crippen LogP contribution in [-0.4, -0.2) is 11.9 Å². The number of unbranched alkanes of at least 4 members (excludes halogenated alkanes) is 1. The van der Waals surface area contributed by atoms with Crippen molar-refractivity contribution in [3.63, 3.8) is 0 Å². The molecule has 1 amide bonds. The highest BCUT2D eigenvalue weighted by atomic mass is 16.1. The molecule has 1 unspecified atom stereocenters. The molecule has 0 aliphatic heterocycles. The van der Waals surface area contributed by atoms with Crippen molar-refractivity contribution < 1.29 is 4.79 Å². The molecule has 1 atom stereocenters.